The Morgan fingerprint density at radius 1 is 1.26 bits per heavy atom. The first-order chi connectivity index (χ1) is 11.2. The van der Waals surface area contributed by atoms with Crippen LogP contribution in [0, 0.1) is 0 Å². The average Bonchev–Trinajstić information content (AvgIpc) is 2.61. The lowest BCUT2D eigenvalue weighted by Gasteiger charge is -2.17. The molecule has 0 aromatic heterocycles. The summed E-state index contributed by atoms with van der Waals surface area (Å²) in [5.41, 5.74) is 2.28. The molecule has 1 nitrogen and oxygen atoms in total. The highest BCUT2D eigenvalue weighted by Gasteiger charge is 2.18. The lowest BCUT2D eigenvalue weighted by atomic mass is 9.87. The molecule has 2 rings (SSSR count). The molecule has 0 aliphatic heterocycles. The van der Waals surface area contributed by atoms with E-state index in [1.807, 2.05) is 6.07 Å². The van der Waals surface area contributed by atoms with Gasteiger partial charge < -0.3 is 0 Å². The van der Waals surface area contributed by atoms with Crippen LogP contribution in [0.4, 0.5) is 0 Å². The van der Waals surface area contributed by atoms with E-state index < -0.39 is 0 Å². The summed E-state index contributed by atoms with van der Waals surface area (Å²) in [6.45, 7) is 2.20. The monoisotopic (exact) mass is 374 g/mol. The molecule has 0 N–H and O–H groups in total. The Morgan fingerprint density at radius 3 is 2.70 bits per heavy atom. The SMILES string of the molecule is CCCC/C(Br)=C/C(CC(=O)C1=CCCCC1)c1ccccc1. The molecular formula is C21H27BrO. The minimum absolute atomic E-state index is 0.165. The number of allylic oxidation sites excluding steroid dienone is 4. The van der Waals surface area contributed by atoms with E-state index in [1.54, 1.807) is 0 Å². The van der Waals surface area contributed by atoms with E-state index in [0.717, 1.165) is 31.3 Å². The van der Waals surface area contributed by atoms with Crippen molar-refractivity contribution in [2.75, 3.05) is 0 Å². The third kappa shape index (κ3) is 6.10. The lowest BCUT2D eigenvalue weighted by Crippen LogP contribution is -2.10. The van der Waals surface area contributed by atoms with Crippen LogP contribution in [0.15, 0.2) is 52.5 Å². The zero-order valence-corrected chi connectivity index (χ0v) is 15.6. The molecule has 0 saturated carbocycles. The third-order valence-corrected chi connectivity index (χ3v) is 5.09. The molecule has 0 fully saturated rings. The van der Waals surface area contributed by atoms with Gasteiger partial charge in [-0.3, -0.25) is 4.79 Å². The number of carbonyl (C=O) groups excluding carboxylic acids is 1. The number of halogens is 1. The molecule has 0 amide bonds. The van der Waals surface area contributed by atoms with E-state index >= 15 is 0 Å². The Labute approximate surface area is 149 Å². The number of unbranched alkanes of at least 4 members (excludes halogenated alkanes) is 1. The second kappa shape index (κ2) is 9.87. The summed E-state index contributed by atoms with van der Waals surface area (Å²) in [4.78, 5) is 12.7. The summed E-state index contributed by atoms with van der Waals surface area (Å²) in [5, 5.41) is 0. The minimum atomic E-state index is 0.165. The normalized spacial score (nSPS) is 16.8. The Balaban J connectivity index is 2.13. The fraction of sp³-hybridized carbons (Fsp3) is 0.476. The van der Waals surface area contributed by atoms with E-state index in [2.05, 4.69) is 59.3 Å². The van der Waals surface area contributed by atoms with Crippen LogP contribution in [0.2, 0.25) is 0 Å². The Bertz CT molecular complexity index is 556. The maximum Gasteiger partial charge on any atom is 0.159 e. The van der Waals surface area contributed by atoms with Gasteiger partial charge in [-0.15, -0.1) is 0 Å². The van der Waals surface area contributed by atoms with Gasteiger partial charge in [-0.1, -0.05) is 71.8 Å². The van der Waals surface area contributed by atoms with Gasteiger partial charge in [0.2, 0.25) is 0 Å². The number of rotatable bonds is 8. The van der Waals surface area contributed by atoms with Crippen LogP contribution in [0.25, 0.3) is 0 Å². The number of benzene rings is 1. The van der Waals surface area contributed by atoms with Crippen LogP contribution in [0.3, 0.4) is 0 Å². The van der Waals surface area contributed by atoms with Gasteiger partial charge in [0.25, 0.3) is 0 Å². The number of Topliss-reactive ketones (excluding diaryl/α,β-unsaturated/α-hetero) is 1. The van der Waals surface area contributed by atoms with Crippen molar-refractivity contribution in [3.8, 4) is 0 Å². The number of carbonyl (C=O) groups is 1. The summed E-state index contributed by atoms with van der Waals surface area (Å²) < 4.78 is 1.22. The van der Waals surface area contributed by atoms with Crippen molar-refractivity contribution >= 4 is 21.7 Å². The van der Waals surface area contributed by atoms with Gasteiger partial charge in [0.15, 0.2) is 5.78 Å². The van der Waals surface area contributed by atoms with E-state index in [4.69, 9.17) is 0 Å². The van der Waals surface area contributed by atoms with Crippen LogP contribution >= 0.6 is 15.9 Å². The molecule has 2 heteroatoms. The Kier molecular flexibility index (Phi) is 7.81. The van der Waals surface area contributed by atoms with Crippen LogP contribution < -0.4 is 0 Å². The van der Waals surface area contributed by atoms with Crippen molar-refractivity contribution in [3.05, 3.63) is 58.1 Å². The molecule has 0 saturated heterocycles. The van der Waals surface area contributed by atoms with E-state index in [9.17, 15) is 4.79 Å². The molecule has 23 heavy (non-hydrogen) atoms. The molecule has 1 unspecified atom stereocenters. The van der Waals surface area contributed by atoms with Crippen LogP contribution in [-0.2, 0) is 4.79 Å². The molecule has 1 aromatic rings. The zero-order valence-electron chi connectivity index (χ0n) is 14.1. The Morgan fingerprint density at radius 2 is 2.04 bits per heavy atom. The summed E-state index contributed by atoms with van der Waals surface area (Å²) in [6, 6.07) is 10.4. The first-order valence-corrected chi connectivity index (χ1v) is 9.63. The molecular weight excluding hydrogens is 348 g/mol. The van der Waals surface area contributed by atoms with Gasteiger partial charge in [0, 0.05) is 12.3 Å². The molecule has 1 aliphatic rings. The summed E-state index contributed by atoms with van der Waals surface area (Å²) in [5.74, 6) is 0.489. The van der Waals surface area contributed by atoms with Gasteiger partial charge in [0.05, 0.1) is 0 Å². The number of hydrogen-bond acceptors (Lipinski definition) is 1. The van der Waals surface area contributed by atoms with Gasteiger partial charge >= 0.3 is 0 Å². The third-order valence-electron chi connectivity index (χ3n) is 4.43. The fourth-order valence-corrected chi connectivity index (χ4v) is 3.64. The molecule has 1 atom stereocenters. The van der Waals surface area contributed by atoms with Gasteiger partial charge in [-0.2, -0.15) is 0 Å². The fourth-order valence-electron chi connectivity index (χ4n) is 3.04. The van der Waals surface area contributed by atoms with Crippen LogP contribution in [-0.4, -0.2) is 5.78 Å². The van der Waals surface area contributed by atoms with Gasteiger partial charge in [-0.05, 0) is 54.1 Å². The van der Waals surface area contributed by atoms with Crippen molar-refractivity contribution < 1.29 is 4.79 Å². The van der Waals surface area contributed by atoms with Crippen LogP contribution in [0.5, 0.6) is 0 Å². The first-order valence-electron chi connectivity index (χ1n) is 8.84. The van der Waals surface area contributed by atoms with E-state index in [1.165, 1.54) is 29.3 Å². The minimum Gasteiger partial charge on any atom is -0.295 e. The first kappa shape index (κ1) is 18.2. The predicted octanol–water partition coefficient (Wildman–Crippen LogP) is 6.70. The summed E-state index contributed by atoms with van der Waals surface area (Å²) in [7, 11) is 0. The maximum absolute atomic E-state index is 12.7. The largest absolute Gasteiger partial charge is 0.295 e. The van der Waals surface area contributed by atoms with Gasteiger partial charge in [0.1, 0.15) is 0 Å². The van der Waals surface area contributed by atoms with Crippen molar-refractivity contribution in [1.82, 2.24) is 0 Å². The maximum atomic E-state index is 12.7. The highest BCUT2D eigenvalue weighted by molar-refractivity contribution is 9.11. The Hall–Kier alpha value is -1.15. The molecule has 124 valence electrons. The summed E-state index contributed by atoms with van der Waals surface area (Å²) >= 11 is 3.70. The molecule has 0 bridgehead atoms. The highest BCUT2D eigenvalue weighted by atomic mass is 79.9. The predicted molar refractivity (Wildman–Crippen MR) is 102 cm³/mol. The van der Waals surface area contributed by atoms with Crippen molar-refractivity contribution in [2.45, 2.75) is 64.2 Å². The number of hydrogen-bond donors (Lipinski definition) is 0. The van der Waals surface area contributed by atoms with E-state index in [-0.39, 0.29) is 5.92 Å². The van der Waals surface area contributed by atoms with Crippen molar-refractivity contribution in [3.63, 3.8) is 0 Å². The highest BCUT2D eigenvalue weighted by Crippen LogP contribution is 2.29. The quantitative estimate of drug-likeness (QED) is 0.494. The lowest BCUT2D eigenvalue weighted by molar-refractivity contribution is -0.116. The molecule has 1 aliphatic carbocycles. The standard InChI is InChI=1S/C21H27BrO/c1-2-3-14-20(22)15-19(17-10-6-4-7-11-17)16-21(23)18-12-8-5-9-13-18/h4,6-7,10-12,15,19H,2-3,5,8-9,13-14,16H2,1H3/b20-15-. The van der Waals surface area contributed by atoms with Crippen molar-refractivity contribution in [2.24, 2.45) is 0 Å². The topological polar surface area (TPSA) is 17.1 Å². The molecule has 0 radical (unpaired) electrons. The second-order valence-electron chi connectivity index (χ2n) is 6.34. The zero-order chi connectivity index (χ0) is 16.5. The van der Waals surface area contributed by atoms with Crippen LogP contribution in [0.1, 0.15) is 69.8 Å². The molecule has 1 aromatic carbocycles. The van der Waals surface area contributed by atoms with Crippen molar-refractivity contribution in [1.29, 1.82) is 0 Å². The smallest absolute Gasteiger partial charge is 0.159 e. The number of ketones is 1. The van der Waals surface area contributed by atoms with E-state index in [0.29, 0.717) is 12.2 Å². The summed E-state index contributed by atoms with van der Waals surface area (Å²) in [6.07, 6.45) is 12.8. The molecule has 0 heterocycles. The van der Waals surface area contributed by atoms with Gasteiger partial charge in [-0.25, -0.2) is 0 Å². The molecule has 0 spiro atoms. The second-order valence-corrected chi connectivity index (χ2v) is 7.36. The average molecular weight is 375 g/mol.